The number of aliphatic hydroxyl groups excluding tert-OH is 1. The minimum absolute atomic E-state index is 0.119. The summed E-state index contributed by atoms with van der Waals surface area (Å²) in [4.78, 5) is 8.27. The summed E-state index contributed by atoms with van der Waals surface area (Å²) < 4.78 is 44.8. The number of aliphatic hydroxyl groups is 1. The number of aromatic nitrogens is 2. The number of fused-ring (bicyclic) bond motifs is 1. The molecule has 0 amide bonds. The maximum atomic E-state index is 13.2. The first-order valence-electron chi connectivity index (χ1n) is 7.04. The zero-order valence-electron chi connectivity index (χ0n) is 12.0. The molecule has 0 saturated heterocycles. The van der Waals surface area contributed by atoms with E-state index in [2.05, 4.69) is 15.3 Å². The smallest absolute Gasteiger partial charge is 0.267 e. The van der Waals surface area contributed by atoms with Crippen LogP contribution in [0.25, 0.3) is 0 Å². The summed E-state index contributed by atoms with van der Waals surface area (Å²) in [6.45, 7) is 0.761. The van der Waals surface area contributed by atoms with Gasteiger partial charge in [0.05, 0.1) is 11.3 Å². The fourth-order valence-corrected chi connectivity index (χ4v) is 2.42. The van der Waals surface area contributed by atoms with E-state index in [0.717, 1.165) is 18.2 Å². The number of halogens is 3. The lowest BCUT2D eigenvalue weighted by atomic mass is 10.1. The fourth-order valence-electron chi connectivity index (χ4n) is 2.42. The summed E-state index contributed by atoms with van der Waals surface area (Å²) in [5.41, 5.74) is 0.813. The molecule has 0 aliphatic carbocycles. The van der Waals surface area contributed by atoms with Crippen molar-refractivity contribution < 1.29 is 23.0 Å². The molecule has 0 radical (unpaired) electrons. The van der Waals surface area contributed by atoms with Gasteiger partial charge < -0.3 is 15.2 Å². The molecular weight excluding hydrogens is 311 g/mol. The van der Waals surface area contributed by atoms with Gasteiger partial charge in [0.2, 0.25) is 5.88 Å². The lowest BCUT2D eigenvalue weighted by Gasteiger charge is -2.20. The molecule has 0 fully saturated rings. The van der Waals surface area contributed by atoms with Crippen LogP contribution in [-0.4, -0.2) is 21.6 Å². The van der Waals surface area contributed by atoms with Gasteiger partial charge in [0.1, 0.15) is 18.2 Å². The van der Waals surface area contributed by atoms with Crippen LogP contribution in [0.2, 0.25) is 0 Å². The Labute approximate surface area is 130 Å². The van der Waals surface area contributed by atoms with E-state index in [1.807, 2.05) is 0 Å². The third-order valence-corrected chi connectivity index (χ3v) is 3.50. The molecule has 2 N–H and O–H groups in total. The van der Waals surface area contributed by atoms with E-state index in [-0.39, 0.29) is 17.5 Å². The van der Waals surface area contributed by atoms with Gasteiger partial charge in [-0.15, -0.1) is 0 Å². The van der Waals surface area contributed by atoms with Crippen LogP contribution in [0, 0.1) is 5.82 Å². The molecule has 8 heteroatoms. The molecule has 1 aliphatic heterocycles. The van der Waals surface area contributed by atoms with Crippen LogP contribution in [0.1, 0.15) is 29.1 Å². The second kappa shape index (κ2) is 6.51. The first-order valence-corrected chi connectivity index (χ1v) is 7.04. The van der Waals surface area contributed by atoms with Gasteiger partial charge in [0.25, 0.3) is 6.43 Å². The normalized spacial score (nSPS) is 14.0. The number of hydrogen-bond donors (Lipinski definition) is 2. The Morgan fingerprint density at radius 2 is 2.13 bits per heavy atom. The van der Waals surface area contributed by atoms with Crippen LogP contribution >= 0.6 is 0 Å². The van der Waals surface area contributed by atoms with Crippen molar-refractivity contribution in [3.63, 3.8) is 0 Å². The fraction of sp³-hybridized carbons (Fsp3) is 0.333. The highest BCUT2D eigenvalue weighted by Crippen LogP contribution is 2.34. The molecule has 23 heavy (non-hydrogen) atoms. The number of alkyl halides is 2. The van der Waals surface area contributed by atoms with Crippen LogP contribution < -0.4 is 10.1 Å². The van der Waals surface area contributed by atoms with Crippen molar-refractivity contribution in [3.8, 4) is 11.6 Å². The molecule has 1 aliphatic rings. The van der Waals surface area contributed by atoms with Gasteiger partial charge >= 0.3 is 0 Å². The molecule has 0 saturated carbocycles. The Kier molecular flexibility index (Phi) is 4.44. The standard InChI is InChI=1S/C15H14F3N3O2/c16-8-1-2-12(10(5-8)14(17)18)23-15-9-3-4-19-6-11(9)20-13(7-22)21-15/h1-2,5,14,19,22H,3-4,6-7H2. The third kappa shape index (κ3) is 3.27. The van der Waals surface area contributed by atoms with Crippen molar-refractivity contribution >= 4 is 0 Å². The van der Waals surface area contributed by atoms with Crippen molar-refractivity contribution in [1.82, 2.24) is 15.3 Å². The lowest BCUT2D eigenvalue weighted by molar-refractivity contribution is 0.147. The zero-order chi connectivity index (χ0) is 16.4. The van der Waals surface area contributed by atoms with E-state index < -0.39 is 24.4 Å². The number of hydrogen-bond acceptors (Lipinski definition) is 5. The molecule has 0 spiro atoms. The van der Waals surface area contributed by atoms with E-state index in [9.17, 15) is 18.3 Å². The molecular formula is C15H14F3N3O2. The molecule has 1 aromatic carbocycles. The largest absolute Gasteiger partial charge is 0.438 e. The van der Waals surface area contributed by atoms with Gasteiger partial charge in [-0.2, -0.15) is 4.98 Å². The topological polar surface area (TPSA) is 67.3 Å². The Morgan fingerprint density at radius 1 is 1.30 bits per heavy atom. The minimum Gasteiger partial charge on any atom is -0.438 e. The highest BCUT2D eigenvalue weighted by atomic mass is 19.3. The number of ether oxygens (including phenoxy) is 1. The van der Waals surface area contributed by atoms with Gasteiger partial charge in [-0.25, -0.2) is 18.2 Å². The predicted molar refractivity (Wildman–Crippen MR) is 74.8 cm³/mol. The number of benzene rings is 1. The number of nitrogens with zero attached hydrogens (tertiary/aromatic N) is 2. The van der Waals surface area contributed by atoms with Crippen LogP contribution in [0.15, 0.2) is 18.2 Å². The van der Waals surface area contributed by atoms with Gasteiger partial charge in [-0.05, 0) is 31.2 Å². The van der Waals surface area contributed by atoms with Crippen LogP contribution in [0.4, 0.5) is 13.2 Å². The molecule has 2 aromatic rings. The van der Waals surface area contributed by atoms with Gasteiger partial charge in [-0.3, -0.25) is 0 Å². The summed E-state index contributed by atoms with van der Waals surface area (Å²) in [6.07, 6.45) is -2.31. The first kappa shape index (κ1) is 15.7. The molecule has 5 nitrogen and oxygen atoms in total. The average molecular weight is 325 g/mol. The van der Waals surface area contributed by atoms with E-state index in [0.29, 0.717) is 30.8 Å². The van der Waals surface area contributed by atoms with Crippen LogP contribution in [0.3, 0.4) is 0 Å². The number of rotatable bonds is 4. The van der Waals surface area contributed by atoms with Crippen molar-refractivity contribution in [2.45, 2.75) is 26.0 Å². The van der Waals surface area contributed by atoms with E-state index in [1.165, 1.54) is 0 Å². The molecule has 3 rings (SSSR count). The van der Waals surface area contributed by atoms with E-state index >= 15 is 0 Å². The quantitative estimate of drug-likeness (QED) is 0.904. The summed E-state index contributed by atoms with van der Waals surface area (Å²) in [7, 11) is 0. The van der Waals surface area contributed by atoms with E-state index in [1.54, 1.807) is 0 Å². The van der Waals surface area contributed by atoms with Crippen LogP contribution in [0.5, 0.6) is 11.6 Å². The van der Waals surface area contributed by atoms with E-state index in [4.69, 9.17) is 4.74 Å². The summed E-state index contributed by atoms with van der Waals surface area (Å²) in [6, 6.07) is 2.93. The Morgan fingerprint density at radius 3 is 2.87 bits per heavy atom. The Bertz CT molecular complexity index is 725. The second-order valence-corrected chi connectivity index (χ2v) is 5.04. The molecule has 0 unspecified atom stereocenters. The maximum absolute atomic E-state index is 13.2. The predicted octanol–water partition coefficient (Wildman–Crippen LogP) is 2.48. The molecule has 122 valence electrons. The maximum Gasteiger partial charge on any atom is 0.267 e. The van der Waals surface area contributed by atoms with Crippen molar-refractivity contribution in [2.75, 3.05) is 6.54 Å². The zero-order valence-corrected chi connectivity index (χ0v) is 12.0. The summed E-state index contributed by atoms with van der Waals surface area (Å²) >= 11 is 0. The SMILES string of the molecule is OCc1nc2c(c(Oc3ccc(F)cc3C(F)F)n1)CCNC2. The van der Waals surface area contributed by atoms with Gasteiger partial charge in [0, 0.05) is 12.1 Å². The summed E-state index contributed by atoms with van der Waals surface area (Å²) in [5.74, 6) is -0.667. The third-order valence-electron chi connectivity index (χ3n) is 3.50. The second-order valence-electron chi connectivity index (χ2n) is 5.04. The van der Waals surface area contributed by atoms with Crippen LogP contribution in [-0.2, 0) is 19.6 Å². The van der Waals surface area contributed by atoms with Crippen molar-refractivity contribution in [2.24, 2.45) is 0 Å². The Hall–Kier alpha value is -2.19. The first-order chi connectivity index (χ1) is 11.1. The van der Waals surface area contributed by atoms with Gasteiger partial charge in [0.15, 0.2) is 5.82 Å². The Balaban J connectivity index is 2.03. The lowest BCUT2D eigenvalue weighted by Crippen LogP contribution is -2.26. The van der Waals surface area contributed by atoms with Gasteiger partial charge in [-0.1, -0.05) is 0 Å². The molecule has 0 atom stereocenters. The highest BCUT2D eigenvalue weighted by Gasteiger charge is 2.22. The average Bonchev–Trinajstić information content (AvgIpc) is 2.56. The molecule has 1 aromatic heterocycles. The van der Waals surface area contributed by atoms with Crippen molar-refractivity contribution in [1.29, 1.82) is 0 Å². The molecule has 0 bridgehead atoms. The number of nitrogens with one attached hydrogen (secondary N) is 1. The monoisotopic (exact) mass is 325 g/mol. The molecule has 2 heterocycles. The minimum atomic E-state index is -2.88. The summed E-state index contributed by atoms with van der Waals surface area (Å²) in [5, 5.41) is 12.4. The van der Waals surface area contributed by atoms with Crippen molar-refractivity contribution in [3.05, 3.63) is 46.7 Å². The highest BCUT2D eigenvalue weighted by molar-refractivity contribution is 5.41.